The third-order valence-corrected chi connectivity index (χ3v) is 5.08. The van der Waals surface area contributed by atoms with Gasteiger partial charge in [-0.3, -0.25) is 9.59 Å². The molecule has 0 radical (unpaired) electrons. The van der Waals surface area contributed by atoms with Gasteiger partial charge in [-0.2, -0.15) is 5.10 Å². The number of hydrogen-bond donors (Lipinski definition) is 1. The Bertz CT molecular complexity index is 831. The standard InChI is InChI=1S/C20H25N3O4/c1-13-18(14(2)23(21-13)15-7-5-4-6-8-15)19-16(10-12-27-19)20(26)22(3)11-9-17(24)25/h4-8,16,19H,9-12H2,1-3H3,(H,24,25)/t16-,19-/m0/s1. The van der Waals surface area contributed by atoms with Gasteiger partial charge in [-0.15, -0.1) is 0 Å². The van der Waals surface area contributed by atoms with Gasteiger partial charge in [0.15, 0.2) is 0 Å². The number of carbonyl (C=O) groups is 2. The highest BCUT2D eigenvalue weighted by Gasteiger charge is 2.39. The van der Waals surface area contributed by atoms with Gasteiger partial charge in [0, 0.05) is 31.5 Å². The third-order valence-electron chi connectivity index (χ3n) is 5.08. The molecule has 0 spiro atoms. The van der Waals surface area contributed by atoms with Crippen LogP contribution in [-0.4, -0.2) is 51.9 Å². The molecule has 2 aromatic rings. The molecule has 1 aromatic heterocycles. The first-order chi connectivity index (χ1) is 12.9. The van der Waals surface area contributed by atoms with E-state index in [4.69, 9.17) is 9.84 Å². The molecule has 0 unspecified atom stereocenters. The van der Waals surface area contributed by atoms with Gasteiger partial charge >= 0.3 is 5.97 Å². The molecule has 1 N–H and O–H groups in total. The lowest BCUT2D eigenvalue weighted by Gasteiger charge is -2.24. The van der Waals surface area contributed by atoms with Crippen molar-refractivity contribution < 1.29 is 19.4 Å². The van der Waals surface area contributed by atoms with Crippen molar-refractivity contribution in [3.8, 4) is 5.69 Å². The molecule has 1 amide bonds. The molecule has 144 valence electrons. The number of amides is 1. The number of para-hydroxylation sites is 1. The van der Waals surface area contributed by atoms with Gasteiger partial charge in [-0.05, 0) is 32.4 Å². The molecule has 7 nitrogen and oxygen atoms in total. The highest BCUT2D eigenvalue weighted by atomic mass is 16.5. The third kappa shape index (κ3) is 3.88. The maximum Gasteiger partial charge on any atom is 0.305 e. The number of aliphatic carboxylic acids is 1. The van der Waals surface area contributed by atoms with Crippen molar-refractivity contribution in [1.82, 2.24) is 14.7 Å². The van der Waals surface area contributed by atoms with Crippen LogP contribution in [0.3, 0.4) is 0 Å². The van der Waals surface area contributed by atoms with Crippen LogP contribution < -0.4 is 0 Å². The number of carboxylic acid groups (broad SMARTS) is 1. The highest BCUT2D eigenvalue weighted by Crippen LogP contribution is 2.39. The number of ether oxygens (including phenoxy) is 1. The van der Waals surface area contributed by atoms with Crippen LogP contribution in [0.5, 0.6) is 0 Å². The molecule has 0 aliphatic carbocycles. The second-order valence-electron chi connectivity index (χ2n) is 6.92. The summed E-state index contributed by atoms with van der Waals surface area (Å²) >= 11 is 0. The molecule has 27 heavy (non-hydrogen) atoms. The van der Waals surface area contributed by atoms with Crippen molar-refractivity contribution in [2.24, 2.45) is 5.92 Å². The molecular weight excluding hydrogens is 346 g/mol. The minimum absolute atomic E-state index is 0.0650. The smallest absolute Gasteiger partial charge is 0.305 e. The van der Waals surface area contributed by atoms with E-state index >= 15 is 0 Å². The predicted molar refractivity (Wildman–Crippen MR) is 99.7 cm³/mol. The summed E-state index contributed by atoms with van der Waals surface area (Å²) in [5.74, 6) is -1.32. The number of benzene rings is 1. The summed E-state index contributed by atoms with van der Waals surface area (Å²) in [7, 11) is 1.65. The summed E-state index contributed by atoms with van der Waals surface area (Å²) < 4.78 is 7.82. The molecule has 0 saturated carbocycles. The number of aryl methyl sites for hydroxylation is 1. The van der Waals surface area contributed by atoms with E-state index < -0.39 is 5.97 Å². The summed E-state index contributed by atoms with van der Waals surface area (Å²) in [6.07, 6.45) is 0.197. The fourth-order valence-electron chi connectivity index (χ4n) is 3.67. The van der Waals surface area contributed by atoms with Crippen molar-refractivity contribution in [3.05, 3.63) is 47.3 Å². The summed E-state index contributed by atoms with van der Waals surface area (Å²) in [6, 6.07) is 9.85. The number of carboxylic acids is 1. The minimum Gasteiger partial charge on any atom is -0.481 e. The van der Waals surface area contributed by atoms with E-state index in [1.54, 1.807) is 7.05 Å². The average molecular weight is 371 g/mol. The molecule has 0 bridgehead atoms. The number of aromatic nitrogens is 2. The quantitative estimate of drug-likeness (QED) is 0.843. The molecule has 2 atom stereocenters. The molecule has 3 rings (SSSR count). The van der Waals surface area contributed by atoms with Crippen LogP contribution >= 0.6 is 0 Å². The first-order valence-corrected chi connectivity index (χ1v) is 9.10. The Hall–Kier alpha value is -2.67. The SMILES string of the molecule is Cc1nn(-c2ccccc2)c(C)c1[C@H]1OCC[C@@H]1C(=O)N(C)CCC(=O)O. The largest absolute Gasteiger partial charge is 0.481 e. The lowest BCUT2D eigenvalue weighted by Crippen LogP contribution is -2.35. The Morgan fingerprint density at radius 1 is 1.30 bits per heavy atom. The lowest BCUT2D eigenvalue weighted by atomic mass is 9.92. The van der Waals surface area contributed by atoms with Crippen molar-refractivity contribution in [3.63, 3.8) is 0 Å². The van der Waals surface area contributed by atoms with Gasteiger partial charge < -0.3 is 14.7 Å². The number of hydrogen-bond acceptors (Lipinski definition) is 4. The first-order valence-electron chi connectivity index (χ1n) is 9.10. The van der Waals surface area contributed by atoms with Gasteiger partial charge in [0.1, 0.15) is 0 Å². The Balaban J connectivity index is 1.86. The van der Waals surface area contributed by atoms with Crippen molar-refractivity contribution in [2.75, 3.05) is 20.2 Å². The predicted octanol–water partition coefficient (Wildman–Crippen LogP) is 2.50. The van der Waals surface area contributed by atoms with E-state index in [1.165, 1.54) is 4.90 Å². The monoisotopic (exact) mass is 371 g/mol. The van der Waals surface area contributed by atoms with Crippen LogP contribution in [0.25, 0.3) is 5.69 Å². The molecule has 1 aromatic carbocycles. The Kier molecular flexibility index (Phi) is 5.60. The van der Waals surface area contributed by atoms with Crippen molar-refractivity contribution >= 4 is 11.9 Å². The van der Waals surface area contributed by atoms with Crippen LogP contribution in [0.15, 0.2) is 30.3 Å². The lowest BCUT2D eigenvalue weighted by molar-refractivity contribution is -0.139. The van der Waals surface area contributed by atoms with E-state index in [0.717, 1.165) is 22.6 Å². The van der Waals surface area contributed by atoms with Crippen LogP contribution in [0.4, 0.5) is 0 Å². The van der Waals surface area contributed by atoms with Gasteiger partial charge in [-0.25, -0.2) is 4.68 Å². The van der Waals surface area contributed by atoms with Crippen LogP contribution in [0.1, 0.15) is 35.9 Å². The molecule has 1 saturated heterocycles. The van der Waals surface area contributed by atoms with Gasteiger partial charge in [-0.1, -0.05) is 18.2 Å². The molecular formula is C20H25N3O4. The number of nitrogens with zero attached hydrogens (tertiary/aromatic N) is 3. The summed E-state index contributed by atoms with van der Waals surface area (Å²) in [6.45, 7) is 4.61. The molecule has 1 aliphatic rings. The fraction of sp³-hybridized carbons (Fsp3) is 0.450. The molecule has 7 heteroatoms. The maximum atomic E-state index is 12.9. The number of carbonyl (C=O) groups excluding carboxylic acids is 1. The second-order valence-corrected chi connectivity index (χ2v) is 6.92. The first kappa shape index (κ1) is 19.1. The van der Waals surface area contributed by atoms with Crippen LogP contribution in [0, 0.1) is 19.8 Å². The highest BCUT2D eigenvalue weighted by molar-refractivity contribution is 5.80. The molecule has 1 aliphatic heterocycles. The summed E-state index contributed by atoms with van der Waals surface area (Å²) in [4.78, 5) is 25.1. The second kappa shape index (κ2) is 7.92. The Labute approximate surface area is 158 Å². The van der Waals surface area contributed by atoms with Gasteiger partial charge in [0.25, 0.3) is 0 Å². The van der Waals surface area contributed by atoms with E-state index in [0.29, 0.717) is 13.0 Å². The summed E-state index contributed by atoms with van der Waals surface area (Å²) in [5, 5.41) is 13.5. The van der Waals surface area contributed by atoms with Gasteiger partial charge in [0.2, 0.25) is 5.91 Å². The molecule has 1 fully saturated rings. The van der Waals surface area contributed by atoms with E-state index in [9.17, 15) is 9.59 Å². The molecule has 2 heterocycles. The van der Waals surface area contributed by atoms with E-state index in [2.05, 4.69) is 5.10 Å². The van der Waals surface area contributed by atoms with Crippen LogP contribution in [0.2, 0.25) is 0 Å². The van der Waals surface area contributed by atoms with E-state index in [1.807, 2.05) is 48.9 Å². The maximum absolute atomic E-state index is 12.9. The Morgan fingerprint density at radius 2 is 2.00 bits per heavy atom. The van der Waals surface area contributed by atoms with Gasteiger partial charge in [0.05, 0.1) is 29.8 Å². The Morgan fingerprint density at radius 3 is 2.67 bits per heavy atom. The minimum atomic E-state index is -0.912. The normalized spacial score (nSPS) is 19.2. The zero-order valence-electron chi connectivity index (χ0n) is 15.9. The van der Waals surface area contributed by atoms with Crippen molar-refractivity contribution in [1.29, 1.82) is 0 Å². The number of rotatable bonds is 6. The zero-order valence-corrected chi connectivity index (χ0v) is 15.9. The fourth-order valence-corrected chi connectivity index (χ4v) is 3.67. The van der Waals surface area contributed by atoms with E-state index in [-0.39, 0.29) is 30.9 Å². The summed E-state index contributed by atoms with van der Waals surface area (Å²) in [5.41, 5.74) is 3.70. The zero-order chi connectivity index (χ0) is 19.6. The van der Waals surface area contributed by atoms with Crippen LogP contribution in [-0.2, 0) is 14.3 Å². The van der Waals surface area contributed by atoms with Crippen molar-refractivity contribution in [2.45, 2.75) is 32.8 Å². The topological polar surface area (TPSA) is 84.7 Å². The average Bonchev–Trinajstić information content (AvgIpc) is 3.23.